The van der Waals surface area contributed by atoms with Gasteiger partial charge in [-0.3, -0.25) is 4.90 Å². The van der Waals surface area contributed by atoms with E-state index in [0.29, 0.717) is 24.3 Å². The maximum Gasteiger partial charge on any atom is 0.0706 e. The first-order valence-electron chi connectivity index (χ1n) is 7.35. The highest BCUT2D eigenvalue weighted by molar-refractivity contribution is 4.87. The number of ether oxygens (including phenoxy) is 1. The smallest absolute Gasteiger partial charge is 0.0706 e. The SMILES string of the molecule is CCC1CN(CC2CCC(C)O2)C(CC)CN1. The van der Waals surface area contributed by atoms with Gasteiger partial charge in [0.2, 0.25) is 0 Å². The molecule has 17 heavy (non-hydrogen) atoms. The standard InChI is InChI=1S/C14H28N2O/c1-4-12-9-16(13(5-2)8-15-12)10-14-7-6-11(3)17-14/h11-15H,4-10H2,1-3H3. The monoisotopic (exact) mass is 240 g/mol. The van der Waals surface area contributed by atoms with Crippen LogP contribution in [-0.2, 0) is 4.74 Å². The van der Waals surface area contributed by atoms with Crippen molar-refractivity contribution in [3.05, 3.63) is 0 Å². The zero-order valence-corrected chi connectivity index (χ0v) is 11.6. The van der Waals surface area contributed by atoms with Crippen molar-refractivity contribution in [2.45, 2.75) is 70.7 Å². The van der Waals surface area contributed by atoms with Crippen molar-refractivity contribution in [3.63, 3.8) is 0 Å². The molecule has 4 unspecified atom stereocenters. The van der Waals surface area contributed by atoms with Gasteiger partial charge in [0, 0.05) is 31.7 Å². The maximum atomic E-state index is 5.96. The fraction of sp³-hybridized carbons (Fsp3) is 1.00. The average Bonchev–Trinajstić information content (AvgIpc) is 2.74. The first kappa shape index (κ1) is 13.3. The van der Waals surface area contributed by atoms with Gasteiger partial charge in [-0.15, -0.1) is 0 Å². The molecule has 1 N–H and O–H groups in total. The second kappa shape index (κ2) is 6.17. The first-order valence-corrected chi connectivity index (χ1v) is 7.35. The zero-order chi connectivity index (χ0) is 12.3. The van der Waals surface area contributed by atoms with E-state index in [1.54, 1.807) is 0 Å². The van der Waals surface area contributed by atoms with Gasteiger partial charge in [-0.25, -0.2) is 0 Å². The van der Waals surface area contributed by atoms with E-state index in [0.717, 1.165) is 13.1 Å². The molecule has 4 atom stereocenters. The Balaban J connectivity index is 1.86. The van der Waals surface area contributed by atoms with Crippen LogP contribution in [-0.4, -0.2) is 48.8 Å². The normalized spacial score (nSPS) is 39.7. The summed E-state index contributed by atoms with van der Waals surface area (Å²) in [4.78, 5) is 2.66. The molecule has 0 amide bonds. The van der Waals surface area contributed by atoms with Crippen LogP contribution in [0.15, 0.2) is 0 Å². The number of hydrogen-bond acceptors (Lipinski definition) is 3. The molecule has 3 heteroatoms. The van der Waals surface area contributed by atoms with Crippen molar-refractivity contribution in [1.82, 2.24) is 10.2 Å². The lowest BCUT2D eigenvalue weighted by molar-refractivity contribution is 0.00992. The number of nitrogens with zero attached hydrogens (tertiary/aromatic N) is 1. The van der Waals surface area contributed by atoms with Crippen LogP contribution in [0.4, 0.5) is 0 Å². The number of hydrogen-bond donors (Lipinski definition) is 1. The minimum Gasteiger partial charge on any atom is -0.374 e. The van der Waals surface area contributed by atoms with Crippen molar-refractivity contribution in [3.8, 4) is 0 Å². The van der Waals surface area contributed by atoms with Crippen molar-refractivity contribution >= 4 is 0 Å². The predicted octanol–water partition coefficient (Wildman–Crippen LogP) is 2.02. The van der Waals surface area contributed by atoms with E-state index in [1.807, 2.05) is 0 Å². The van der Waals surface area contributed by atoms with Gasteiger partial charge in [-0.2, -0.15) is 0 Å². The summed E-state index contributed by atoms with van der Waals surface area (Å²) in [5, 5.41) is 3.65. The third-order valence-corrected chi connectivity index (χ3v) is 4.34. The van der Waals surface area contributed by atoms with Crippen molar-refractivity contribution in [1.29, 1.82) is 0 Å². The van der Waals surface area contributed by atoms with Gasteiger partial charge in [0.15, 0.2) is 0 Å². The molecule has 0 radical (unpaired) electrons. The molecule has 0 bridgehead atoms. The summed E-state index contributed by atoms with van der Waals surface area (Å²) in [5.41, 5.74) is 0. The van der Waals surface area contributed by atoms with Crippen LogP contribution in [0.3, 0.4) is 0 Å². The molecule has 0 spiro atoms. The molecule has 0 aromatic heterocycles. The van der Waals surface area contributed by atoms with Gasteiger partial charge < -0.3 is 10.1 Å². The Morgan fingerprint density at radius 2 is 2.06 bits per heavy atom. The Morgan fingerprint density at radius 3 is 2.65 bits per heavy atom. The number of piperazine rings is 1. The lowest BCUT2D eigenvalue weighted by Gasteiger charge is -2.41. The second-order valence-electron chi connectivity index (χ2n) is 5.68. The van der Waals surface area contributed by atoms with Gasteiger partial charge in [0.1, 0.15) is 0 Å². The van der Waals surface area contributed by atoms with Crippen LogP contribution in [0, 0.1) is 0 Å². The number of nitrogens with one attached hydrogen (secondary N) is 1. The van der Waals surface area contributed by atoms with E-state index in [-0.39, 0.29) is 0 Å². The van der Waals surface area contributed by atoms with E-state index in [9.17, 15) is 0 Å². The van der Waals surface area contributed by atoms with E-state index < -0.39 is 0 Å². The van der Waals surface area contributed by atoms with Gasteiger partial charge in [-0.05, 0) is 32.6 Å². The Hall–Kier alpha value is -0.120. The highest BCUT2D eigenvalue weighted by Crippen LogP contribution is 2.22. The van der Waals surface area contributed by atoms with Gasteiger partial charge in [-0.1, -0.05) is 13.8 Å². The van der Waals surface area contributed by atoms with Crippen LogP contribution in [0.1, 0.15) is 46.5 Å². The van der Waals surface area contributed by atoms with Gasteiger partial charge in [0.25, 0.3) is 0 Å². The van der Waals surface area contributed by atoms with E-state index in [4.69, 9.17) is 4.74 Å². The molecular formula is C14H28N2O. The molecule has 2 aliphatic rings. The topological polar surface area (TPSA) is 24.5 Å². The molecule has 2 saturated heterocycles. The lowest BCUT2D eigenvalue weighted by atomic mass is 10.0. The predicted molar refractivity (Wildman–Crippen MR) is 71.3 cm³/mol. The van der Waals surface area contributed by atoms with Crippen molar-refractivity contribution in [2.75, 3.05) is 19.6 Å². The van der Waals surface area contributed by atoms with E-state index >= 15 is 0 Å². The summed E-state index contributed by atoms with van der Waals surface area (Å²) in [5.74, 6) is 0. The fourth-order valence-corrected chi connectivity index (χ4v) is 3.11. The van der Waals surface area contributed by atoms with E-state index in [2.05, 4.69) is 31.0 Å². The Bertz CT molecular complexity index is 234. The third-order valence-electron chi connectivity index (χ3n) is 4.34. The average molecular weight is 240 g/mol. The highest BCUT2D eigenvalue weighted by atomic mass is 16.5. The summed E-state index contributed by atoms with van der Waals surface area (Å²) in [7, 11) is 0. The molecule has 0 aromatic carbocycles. The van der Waals surface area contributed by atoms with E-state index in [1.165, 1.54) is 32.2 Å². The van der Waals surface area contributed by atoms with Gasteiger partial charge >= 0.3 is 0 Å². The minimum atomic E-state index is 0.477. The molecule has 100 valence electrons. The molecule has 2 rings (SSSR count). The molecule has 3 nitrogen and oxygen atoms in total. The van der Waals surface area contributed by atoms with Crippen LogP contribution in [0.2, 0.25) is 0 Å². The van der Waals surface area contributed by atoms with Crippen molar-refractivity contribution < 1.29 is 4.74 Å². The molecule has 2 fully saturated rings. The summed E-state index contributed by atoms with van der Waals surface area (Å²) in [6.45, 7) is 10.3. The largest absolute Gasteiger partial charge is 0.374 e. The maximum absolute atomic E-state index is 5.96. The van der Waals surface area contributed by atoms with Crippen LogP contribution >= 0.6 is 0 Å². The number of rotatable bonds is 4. The lowest BCUT2D eigenvalue weighted by Crippen LogP contribution is -2.57. The van der Waals surface area contributed by atoms with Crippen LogP contribution < -0.4 is 5.32 Å². The third kappa shape index (κ3) is 3.43. The molecule has 2 heterocycles. The molecule has 2 aliphatic heterocycles. The highest BCUT2D eigenvalue weighted by Gasteiger charge is 2.30. The summed E-state index contributed by atoms with van der Waals surface area (Å²) >= 11 is 0. The summed E-state index contributed by atoms with van der Waals surface area (Å²) in [6, 6.07) is 1.38. The Kier molecular flexibility index (Phi) is 4.83. The van der Waals surface area contributed by atoms with Crippen LogP contribution in [0.25, 0.3) is 0 Å². The Labute approximate surface area is 106 Å². The first-order chi connectivity index (χ1) is 8.22. The summed E-state index contributed by atoms with van der Waals surface area (Å²) in [6.07, 6.45) is 5.92. The molecular weight excluding hydrogens is 212 g/mol. The molecule has 0 aliphatic carbocycles. The van der Waals surface area contributed by atoms with Gasteiger partial charge in [0.05, 0.1) is 12.2 Å². The molecule has 0 saturated carbocycles. The second-order valence-corrected chi connectivity index (χ2v) is 5.68. The zero-order valence-electron chi connectivity index (χ0n) is 11.6. The minimum absolute atomic E-state index is 0.477. The fourth-order valence-electron chi connectivity index (χ4n) is 3.11. The Morgan fingerprint density at radius 1 is 1.24 bits per heavy atom. The quantitative estimate of drug-likeness (QED) is 0.813. The molecule has 0 aromatic rings. The van der Waals surface area contributed by atoms with Crippen molar-refractivity contribution in [2.24, 2.45) is 0 Å². The van der Waals surface area contributed by atoms with Crippen LogP contribution in [0.5, 0.6) is 0 Å². The summed E-state index contributed by atoms with van der Waals surface area (Å²) < 4.78 is 5.96.